The van der Waals surface area contributed by atoms with Gasteiger partial charge in [0, 0.05) is 17.6 Å². The first kappa shape index (κ1) is 11.2. The van der Waals surface area contributed by atoms with E-state index < -0.39 is 11.4 Å². The highest BCUT2D eigenvalue weighted by atomic mass is 16.5. The molecule has 0 heterocycles. The van der Waals surface area contributed by atoms with Crippen molar-refractivity contribution in [2.75, 3.05) is 19.8 Å². The topological polar surface area (TPSA) is 66.8 Å². The molecule has 4 nitrogen and oxygen atoms in total. The van der Waals surface area contributed by atoms with E-state index in [0.717, 1.165) is 0 Å². The van der Waals surface area contributed by atoms with Crippen LogP contribution in [-0.4, -0.2) is 36.0 Å². The standard InChI is InChI=1S/C10H16O4/c1-3-14-9(13)7(2)10(6-12)4-8(10)5-11/h8,11-12H,2-6H2,1H3. The van der Waals surface area contributed by atoms with E-state index in [1.54, 1.807) is 6.92 Å². The molecule has 0 aromatic rings. The second-order valence-electron chi connectivity index (χ2n) is 3.60. The maximum absolute atomic E-state index is 11.3. The van der Waals surface area contributed by atoms with Crippen molar-refractivity contribution in [3.8, 4) is 0 Å². The van der Waals surface area contributed by atoms with Crippen LogP contribution in [0, 0.1) is 11.3 Å². The highest BCUT2D eigenvalue weighted by Gasteiger charge is 2.57. The van der Waals surface area contributed by atoms with Gasteiger partial charge in [0.2, 0.25) is 0 Å². The van der Waals surface area contributed by atoms with Crippen LogP contribution in [0.2, 0.25) is 0 Å². The minimum absolute atomic E-state index is 0.0288. The highest BCUT2D eigenvalue weighted by molar-refractivity contribution is 5.90. The van der Waals surface area contributed by atoms with E-state index in [1.807, 2.05) is 0 Å². The lowest BCUT2D eigenvalue weighted by molar-refractivity contribution is -0.139. The number of carbonyl (C=O) groups is 1. The van der Waals surface area contributed by atoms with Crippen molar-refractivity contribution in [2.45, 2.75) is 13.3 Å². The summed E-state index contributed by atoms with van der Waals surface area (Å²) in [6.45, 7) is 5.46. The molecule has 2 atom stereocenters. The van der Waals surface area contributed by atoms with Crippen LogP contribution in [0.4, 0.5) is 0 Å². The number of carbonyl (C=O) groups excluding carboxylic acids is 1. The minimum Gasteiger partial charge on any atom is -0.463 e. The summed E-state index contributed by atoms with van der Waals surface area (Å²) in [6.07, 6.45) is 0.609. The van der Waals surface area contributed by atoms with Gasteiger partial charge in [-0.1, -0.05) is 6.58 Å². The first-order valence-corrected chi connectivity index (χ1v) is 4.70. The third-order valence-electron chi connectivity index (χ3n) is 2.86. The number of hydrogen-bond acceptors (Lipinski definition) is 4. The molecule has 0 aromatic carbocycles. The maximum Gasteiger partial charge on any atom is 0.334 e. The smallest absolute Gasteiger partial charge is 0.334 e. The third-order valence-corrected chi connectivity index (χ3v) is 2.86. The van der Waals surface area contributed by atoms with Gasteiger partial charge >= 0.3 is 5.97 Å². The molecule has 1 rings (SSSR count). The van der Waals surface area contributed by atoms with Crippen molar-refractivity contribution in [1.29, 1.82) is 0 Å². The summed E-state index contributed by atoms with van der Waals surface area (Å²) in [6, 6.07) is 0. The Bertz CT molecular complexity index is 249. The second kappa shape index (κ2) is 4.11. The van der Waals surface area contributed by atoms with E-state index in [0.29, 0.717) is 13.0 Å². The Labute approximate surface area is 83.2 Å². The predicted octanol–water partition coefficient (Wildman–Crippen LogP) is 0.0966. The molecular weight excluding hydrogens is 184 g/mol. The van der Waals surface area contributed by atoms with E-state index in [1.165, 1.54) is 0 Å². The summed E-state index contributed by atoms with van der Waals surface area (Å²) >= 11 is 0. The van der Waals surface area contributed by atoms with Gasteiger partial charge in [-0.25, -0.2) is 4.79 Å². The number of esters is 1. The fourth-order valence-electron chi connectivity index (χ4n) is 1.70. The largest absolute Gasteiger partial charge is 0.463 e. The van der Waals surface area contributed by atoms with Crippen LogP contribution < -0.4 is 0 Å². The van der Waals surface area contributed by atoms with Crippen molar-refractivity contribution in [3.63, 3.8) is 0 Å². The normalized spacial score (nSPS) is 29.8. The van der Waals surface area contributed by atoms with Crippen molar-refractivity contribution in [1.82, 2.24) is 0 Å². The molecule has 14 heavy (non-hydrogen) atoms. The molecule has 4 heteroatoms. The SMILES string of the molecule is C=C(C(=O)OCC)C1(CO)CC1CO. The zero-order chi connectivity index (χ0) is 10.8. The molecular formula is C10H16O4. The first-order valence-electron chi connectivity index (χ1n) is 4.70. The van der Waals surface area contributed by atoms with Crippen LogP contribution in [0.3, 0.4) is 0 Å². The monoisotopic (exact) mass is 200 g/mol. The van der Waals surface area contributed by atoms with Crippen molar-refractivity contribution >= 4 is 5.97 Å². The molecule has 2 N–H and O–H groups in total. The van der Waals surface area contributed by atoms with Gasteiger partial charge in [-0.3, -0.25) is 0 Å². The van der Waals surface area contributed by atoms with E-state index in [-0.39, 0.29) is 24.7 Å². The summed E-state index contributed by atoms with van der Waals surface area (Å²) in [5.41, 5.74) is -0.345. The number of rotatable bonds is 5. The van der Waals surface area contributed by atoms with Crippen molar-refractivity contribution < 1.29 is 19.7 Å². The Morgan fingerprint density at radius 2 is 2.29 bits per heavy atom. The summed E-state index contributed by atoms with van der Waals surface area (Å²) in [5, 5.41) is 18.1. The Hall–Kier alpha value is -0.870. The molecule has 0 bridgehead atoms. The Kier molecular flexibility index (Phi) is 3.29. The van der Waals surface area contributed by atoms with Gasteiger partial charge in [0.25, 0.3) is 0 Å². The van der Waals surface area contributed by atoms with E-state index in [2.05, 4.69) is 6.58 Å². The summed E-state index contributed by atoms with van der Waals surface area (Å²) in [7, 11) is 0. The number of aliphatic hydroxyl groups is 2. The minimum atomic E-state index is -0.624. The molecule has 0 saturated heterocycles. The Morgan fingerprint density at radius 1 is 1.64 bits per heavy atom. The Balaban J connectivity index is 2.64. The molecule has 0 aromatic heterocycles. The molecule has 1 aliphatic carbocycles. The molecule has 80 valence electrons. The first-order chi connectivity index (χ1) is 6.62. The van der Waals surface area contributed by atoms with Crippen LogP contribution in [0.25, 0.3) is 0 Å². The van der Waals surface area contributed by atoms with Crippen LogP contribution in [0.15, 0.2) is 12.2 Å². The van der Waals surface area contributed by atoms with Gasteiger partial charge in [0.05, 0.1) is 13.2 Å². The average molecular weight is 200 g/mol. The predicted molar refractivity (Wildman–Crippen MR) is 50.5 cm³/mol. The molecule has 1 aliphatic rings. The lowest BCUT2D eigenvalue weighted by atomic mass is 9.95. The number of aliphatic hydroxyl groups excluding tert-OH is 2. The van der Waals surface area contributed by atoms with Crippen LogP contribution in [0.1, 0.15) is 13.3 Å². The number of hydrogen-bond donors (Lipinski definition) is 2. The second-order valence-corrected chi connectivity index (χ2v) is 3.60. The average Bonchev–Trinajstić information content (AvgIpc) is 2.92. The summed E-state index contributed by atoms with van der Waals surface area (Å²) < 4.78 is 4.79. The molecule has 2 unspecified atom stereocenters. The van der Waals surface area contributed by atoms with Crippen LogP contribution >= 0.6 is 0 Å². The summed E-state index contributed by atoms with van der Waals surface area (Å²) in [4.78, 5) is 11.3. The zero-order valence-electron chi connectivity index (χ0n) is 8.32. The maximum atomic E-state index is 11.3. The van der Waals surface area contributed by atoms with Gasteiger partial charge in [-0.15, -0.1) is 0 Å². The van der Waals surface area contributed by atoms with Gasteiger partial charge < -0.3 is 14.9 Å². The van der Waals surface area contributed by atoms with E-state index in [9.17, 15) is 4.79 Å². The molecule has 1 saturated carbocycles. The van der Waals surface area contributed by atoms with Crippen molar-refractivity contribution in [3.05, 3.63) is 12.2 Å². The molecule has 0 aliphatic heterocycles. The molecule has 0 amide bonds. The molecule has 0 spiro atoms. The molecule has 1 fully saturated rings. The van der Waals surface area contributed by atoms with Gasteiger partial charge in [0.1, 0.15) is 0 Å². The fraction of sp³-hybridized carbons (Fsp3) is 0.700. The lowest BCUT2D eigenvalue weighted by Gasteiger charge is -2.15. The van der Waals surface area contributed by atoms with Crippen LogP contribution in [-0.2, 0) is 9.53 Å². The van der Waals surface area contributed by atoms with Gasteiger partial charge in [-0.2, -0.15) is 0 Å². The van der Waals surface area contributed by atoms with E-state index >= 15 is 0 Å². The zero-order valence-corrected chi connectivity index (χ0v) is 8.32. The van der Waals surface area contributed by atoms with E-state index in [4.69, 9.17) is 14.9 Å². The van der Waals surface area contributed by atoms with Gasteiger partial charge in [0.15, 0.2) is 0 Å². The molecule has 0 radical (unpaired) electrons. The fourth-order valence-corrected chi connectivity index (χ4v) is 1.70. The van der Waals surface area contributed by atoms with Gasteiger partial charge in [-0.05, 0) is 19.3 Å². The quantitative estimate of drug-likeness (QED) is 0.488. The van der Waals surface area contributed by atoms with Crippen LogP contribution in [0.5, 0.6) is 0 Å². The highest BCUT2D eigenvalue weighted by Crippen LogP contribution is 2.56. The summed E-state index contributed by atoms with van der Waals surface area (Å²) in [5.74, 6) is -0.526. The Morgan fingerprint density at radius 3 is 2.64 bits per heavy atom. The third kappa shape index (κ3) is 1.67. The van der Waals surface area contributed by atoms with Crippen molar-refractivity contribution in [2.24, 2.45) is 11.3 Å². The number of ether oxygens (including phenoxy) is 1. The lowest BCUT2D eigenvalue weighted by Crippen LogP contribution is -2.22.